The molecule has 1 N–H and O–H groups in total. The zero-order valence-electron chi connectivity index (χ0n) is 10.8. The highest BCUT2D eigenvalue weighted by Crippen LogP contribution is 2.35. The molecule has 0 amide bonds. The van der Waals surface area contributed by atoms with Crippen molar-refractivity contribution in [2.45, 2.75) is 25.2 Å². The van der Waals surface area contributed by atoms with Crippen LogP contribution in [0.25, 0.3) is 10.1 Å². The van der Waals surface area contributed by atoms with E-state index in [1.54, 1.807) is 7.11 Å². The minimum atomic E-state index is -0.687. The molecular formula is C14H13ClO4S. The zero-order chi connectivity index (χ0) is 14.3. The minimum Gasteiger partial charge on any atom is -0.495 e. The van der Waals surface area contributed by atoms with E-state index in [4.69, 9.17) is 26.2 Å². The number of thiophene rings is 1. The number of ether oxygens (including phenoxy) is 2. The lowest BCUT2D eigenvalue weighted by molar-refractivity contribution is 0.0980. The van der Waals surface area contributed by atoms with E-state index < -0.39 is 6.29 Å². The molecule has 6 heteroatoms. The number of carbonyl (C=O) groups is 1. The number of carbonyl (C=O) groups excluding carboxylic acids is 1. The van der Waals surface area contributed by atoms with Crippen molar-refractivity contribution in [2.24, 2.45) is 0 Å². The fourth-order valence-electron chi connectivity index (χ4n) is 2.08. The average molecular weight is 313 g/mol. The number of epoxide rings is 1. The van der Waals surface area contributed by atoms with E-state index in [0.29, 0.717) is 28.5 Å². The second kappa shape index (κ2) is 5.33. The molecule has 2 heterocycles. The first-order chi connectivity index (χ1) is 9.58. The molecule has 1 aromatic heterocycles. The van der Waals surface area contributed by atoms with Gasteiger partial charge in [0.15, 0.2) is 12.1 Å². The molecule has 1 aromatic carbocycles. The van der Waals surface area contributed by atoms with E-state index >= 15 is 0 Å². The van der Waals surface area contributed by atoms with Crippen LogP contribution < -0.4 is 4.74 Å². The van der Waals surface area contributed by atoms with Crippen molar-refractivity contribution < 1.29 is 19.4 Å². The van der Waals surface area contributed by atoms with Crippen LogP contribution in [-0.2, 0) is 4.74 Å². The van der Waals surface area contributed by atoms with Gasteiger partial charge in [0.25, 0.3) is 0 Å². The summed E-state index contributed by atoms with van der Waals surface area (Å²) in [4.78, 5) is 12.8. The number of aliphatic hydroxyl groups is 1. The van der Waals surface area contributed by atoms with Crippen LogP contribution in [0, 0.1) is 0 Å². The SMILES string of the molecule is COc1cc2cc(C(=O)CCC3OC3O)sc2cc1Cl. The molecule has 1 aliphatic heterocycles. The summed E-state index contributed by atoms with van der Waals surface area (Å²) in [5, 5.41) is 10.5. The lowest BCUT2D eigenvalue weighted by Crippen LogP contribution is -2.00. The van der Waals surface area contributed by atoms with Gasteiger partial charge in [0, 0.05) is 11.1 Å². The van der Waals surface area contributed by atoms with Crippen molar-refractivity contribution in [1.29, 1.82) is 0 Å². The third-order valence-electron chi connectivity index (χ3n) is 3.28. The van der Waals surface area contributed by atoms with Gasteiger partial charge >= 0.3 is 0 Å². The van der Waals surface area contributed by atoms with E-state index in [9.17, 15) is 4.79 Å². The minimum absolute atomic E-state index is 0.0592. The first-order valence-electron chi connectivity index (χ1n) is 6.22. The molecule has 0 radical (unpaired) electrons. The molecule has 2 atom stereocenters. The number of hydrogen-bond donors (Lipinski definition) is 1. The van der Waals surface area contributed by atoms with E-state index in [1.807, 2.05) is 18.2 Å². The van der Waals surface area contributed by atoms with Crippen LogP contribution in [0.15, 0.2) is 18.2 Å². The highest BCUT2D eigenvalue weighted by Gasteiger charge is 2.36. The predicted octanol–water partition coefficient (Wildman–Crippen LogP) is 3.24. The summed E-state index contributed by atoms with van der Waals surface area (Å²) in [7, 11) is 1.56. The summed E-state index contributed by atoms with van der Waals surface area (Å²) in [5.41, 5.74) is 0. The van der Waals surface area contributed by atoms with Crippen molar-refractivity contribution in [2.75, 3.05) is 7.11 Å². The highest BCUT2D eigenvalue weighted by atomic mass is 35.5. The molecule has 1 saturated heterocycles. The second-order valence-corrected chi connectivity index (χ2v) is 6.15. The lowest BCUT2D eigenvalue weighted by Gasteiger charge is -2.01. The summed E-state index contributed by atoms with van der Waals surface area (Å²) in [6.07, 6.45) is 0.0636. The number of aliphatic hydroxyl groups excluding tert-OH is 1. The average Bonchev–Trinajstić information content (AvgIpc) is 2.97. The standard InChI is InChI=1S/C14H13ClO4S/c1-18-11-4-7-5-13(20-12(7)6-8(11)15)9(16)2-3-10-14(17)19-10/h4-6,10,14,17H,2-3H2,1H3. The number of benzene rings is 1. The molecule has 4 nitrogen and oxygen atoms in total. The Balaban J connectivity index is 1.79. The molecule has 3 rings (SSSR count). The third-order valence-corrected chi connectivity index (χ3v) is 4.71. The maximum atomic E-state index is 12.1. The van der Waals surface area contributed by atoms with Gasteiger partial charge in [-0.25, -0.2) is 0 Å². The van der Waals surface area contributed by atoms with Gasteiger partial charge in [-0.15, -0.1) is 11.3 Å². The molecule has 0 saturated carbocycles. The van der Waals surface area contributed by atoms with Crippen molar-refractivity contribution in [1.82, 2.24) is 0 Å². The number of Topliss-reactive ketones (excluding diaryl/α,β-unsaturated/α-hetero) is 1. The Morgan fingerprint density at radius 1 is 1.50 bits per heavy atom. The van der Waals surface area contributed by atoms with Gasteiger partial charge < -0.3 is 14.6 Å². The van der Waals surface area contributed by atoms with Crippen molar-refractivity contribution in [3.63, 3.8) is 0 Å². The van der Waals surface area contributed by atoms with Crippen LogP contribution in [0.3, 0.4) is 0 Å². The van der Waals surface area contributed by atoms with Crippen LogP contribution in [0.1, 0.15) is 22.5 Å². The van der Waals surface area contributed by atoms with Crippen LogP contribution >= 0.6 is 22.9 Å². The van der Waals surface area contributed by atoms with E-state index in [0.717, 1.165) is 10.1 Å². The summed E-state index contributed by atoms with van der Waals surface area (Å²) >= 11 is 7.49. The summed E-state index contributed by atoms with van der Waals surface area (Å²) in [6.45, 7) is 0. The van der Waals surface area contributed by atoms with Gasteiger partial charge in [-0.3, -0.25) is 4.79 Å². The number of ketones is 1. The Bertz CT molecular complexity index is 666. The zero-order valence-corrected chi connectivity index (χ0v) is 12.3. The predicted molar refractivity (Wildman–Crippen MR) is 77.8 cm³/mol. The lowest BCUT2D eigenvalue weighted by atomic mass is 10.1. The van der Waals surface area contributed by atoms with Gasteiger partial charge in [0.2, 0.25) is 0 Å². The topological polar surface area (TPSA) is 59.1 Å². The smallest absolute Gasteiger partial charge is 0.181 e. The Kier molecular flexibility index (Phi) is 3.69. The third kappa shape index (κ3) is 2.67. The molecular weight excluding hydrogens is 300 g/mol. The normalized spacial score (nSPS) is 21.1. The monoisotopic (exact) mass is 312 g/mol. The van der Waals surface area contributed by atoms with E-state index in [1.165, 1.54) is 11.3 Å². The van der Waals surface area contributed by atoms with Crippen LogP contribution in [0.5, 0.6) is 5.75 Å². The van der Waals surface area contributed by atoms with Crippen LogP contribution in [0.4, 0.5) is 0 Å². The Morgan fingerprint density at radius 2 is 2.25 bits per heavy atom. The summed E-state index contributed by atoms with van der Waals surface area (Å²) in [5.74, 6) is 0.662. The van der Waals surface area contributed by atoms with Crippen molar-refractivity contribution in [3.05, 3.63) is 28.1 Å². The first-order valence-corrected chi connectivity index (χ1v) is 7.41. The van der Waals surface area contributed by atoms with Gasteiger partial charge in [0.1, 0.15) is 11.9 Å². The van der Waals surface area contributed by atoms with Crippen molar-refractivity contribution in [3.8, 4) is 5.75 Å². The van der Waals surface area contributed by atoms with Gasteiger partial charge in [-0.2, -0.15) is 0 Å². The van der Waals surface area contributed by atoms with Gasteiger partial charge in [0.05, 0.1) is 17.0 Å². The number of methoxy groups -OCH3 is 1. The van der Waals surface area contributed by atoms with Gasteiger partial charge in [-0.1, -0.05) is 11.6 Å². The number of fused-ring (bicyclic) bond motifs is 1. The molecule has 20 heavy (non-hydrogen) atoms. The van der Waals surface area contributed by atoms with Crippen LogP contribution in [-0.4, -0.2) is 30.4 Å². The molecule has 2 aromatic rings. The van der Waals surface area contributed by atoms with Gasteiger partial charge in [-0.05, 0) is 30.0 Å². The fraction of sp³-hybridized carbons (Fsp3) is 0.357. The number of hydrogen-bond acceptors (Lipinski definition) is 5. The first kappa shape index (κ1) is 13.8. The molecule has 0 spiro atoms. The van der Waals surface area contributed by atoms with E-state index in [-0.39, 0.29) is 11.9 Å². The van der Waals surface area contributed by atoms with Crippen molar-refractivity contribution >= 4 is 38.8 Å². The Morgan fingerprint density at radius 3 is 2.90 bits per heavy atom. The highest BCUT2D eigenvalue weighted by molar-refractivity contribution is 7.20. The second-order valence-electron chi connectivity index (χ2n) is 4.66. The molecule has 2 unspecified atom stereocenters. The van der Waals surface area contributed by atoms with E-state index in [2.05, 4.69) is 0 Å². The Hall–Kier alpha value is -1.14. The Labute approximate surface area is 124 Å². The maximum absolute atomic E-state index is 12.1. The largest absolute Gasteiger partial charge is 0.495 e. The quantitative estimate of drug-likeness (QED) is 0.680. The fourth-order valence-corrected chi connectivity index (χ4v) is 3.43. The molecule has 0 aliphatic carbocycles. The number of rotatable bonds is 5. The molecule has 0 bridgehead atoms. The van der Waals surface area contributed by atoms with Crippen LogP contribution in [0.2, 0.25) is 5.02 Å². The number of halogens is 1. The maximum Gasteiger partial charge on any atom is 0.181 e. The molecule has 1 aliphatic rings. The molecule has 1 fully saturated rings. The summed E-state index contributed by atoms with van der Waals surface area (Å²) < 4.78 is 11.0. The summed E-state index contributed by atoms with van der Waals surface area (Å²) in [6, 6.07) is 5.50. The molecule has 106 valence electrons.